The molecule has 2 nitrogen and oxygen atoms in total. The molecule has 270 valence electrons. The number of benzene rings is 10. The molecule has 0 spiro atoms. The van der Waals surface area contributed by atoms with Crippen LogP contribution < -0.4 is 4.90 Å². The van der Waals surface area contributed by atoms with Crippen molar-refractivity contribution >= 4 is 60.4 Å². The van der Waals surface area contributed by atoms with Crippen molar-refractivity contribution in [2.24, 2.45) is 0 Å². The number of para-hydroxylation sites is 2. The number of hydrogen-bond donors (Lipinski definition) is 0. The van der Waals surface area contributed by atoms with Crippen LogP contribution >= 0.6 is 0 Å². The number of nitrogens with zero attached hydrogens (tertiary/aromatic N) is 2. The molecule has 1 heterocycles. The van der Waals surface area contributed by atoms with Gasteiger partial charge in [-0.2, -0.15) is 0 Å². The second-order valence-electron chi connectivity index (χ2n) is 15.3. The minimum Gasteiger partial charge on any atom is -0.310 e. The summed E-state index contributed by atoms with van der Waals surface area (Å²) < 4.78 is 2.44. The molecule has 0 radical (unpaired) electrons. The van der Waals surface area contributed by atoms with Gasteiger partial charge in [-0.05, 0) is 104 Å². The first kappa shape index (κ1) is 32.6. The number of rotatable bonds is 6. The third kappa shape index (κ3) is 4.92. The van der Waals surface area contributed by atoms with Gasteiger partial charge in [-0.25, -0.2) is 0 Å². The summed E-state index contributed by atoms with van der Waals surface area (Å²) in [5.74, 6) is 0. The first-order valence-corrected chi connectivity index (χ1v) is 20.0. The molecule has 2 heteroatoms. The Balaban J connectivity index is 1.14. The molecular weight excluding hydrogens is 701 g/mol. The van der Waals surface area contributed by atoms with Crippen LogP contribution in [0.1, 0.15) is 0 Å². The van der Waals surface area contributed by atoms with Crippen LogP contribution in [0, 0.1) is 0 Å². The molecular formula is C56H36N2. The molecule has 12 rings (SSSR count). The van der Waals surface area contributed by atoms with E-state index in [9.17, 15) is 0 Å². The van der Waals surface area contributed by atoms with Crippen LogP contribution in [0.4, 0.5) is 17.1 Å². The fourth-order valence-electron chi connectivity index (χ4n) is 9.59. The van der Waals surface area contributed by atoms with E-state index in [1.807, 2.05) is 0 Å². The summed E-state index contributed by atoms with van der Waals surface area (Å²) in [5, 5.41) is 7.53. The van der Waals surface area contributed by atoms with E-state index in [0.29, 0.717) is 0 Å². The molecule has 11 aromatic rings. The normalized spacial score (nSPS) is 11.8. The van der Waals surface area contributed by atoms with Gasteiger partial charge in [0.25, 0.3) is 0 Å². The third-order valence-corrected chi connectivity index (χ3v) is 12.1. The van der Waals surface area contributed by atoms with E-state index in [0.717, 1.165) is 28.3 Å². The van der Waals surface area contributed by atoms with Gasteiger partial charge in [0.05, 0.1) is 22.4 Å². The first-order valence-electron chi connectivity index (χ1n) is 20.0. The second kappa shape index (κ2) is 12.9. The minimum absolute atomic E-state index is 1.09. The van der Waals surface area contributed by atoms with Gasteiger partial charge >= 0.3 is 0 Å². The Bertz CT molecular complexity index is 3320. The van der Waals surface area contributed by atoms with Crippen LogP contribution in [-0.2, 0) is 0 Å². The lowest BCUT2D eigenvalue weighted by molar-refractivity contribution is 1.18. The number of aromatic nitrogens is 1. The molecule has 0 saturated heterocycles. The van der Waals surface area contributed by atoms with Crippen LogP contribution in [0.5, 0.6) is 0 Å². The summed E-state index contributed by atoms with van der Waals surface area (Å²) in [6, 6.07) is 80.1. The fraction of sp³-hybridized carbons (Fsp3) is 0. The highest BCUT2D eigenvalue weighted by Crippen LogP contribution is 2.52. The van der Waals surface area contributed by atoms with Gasteiger partial charge in [0, 0.05) is 33.1 Å². The Morgan fingerprint density at radius 2 is 0.862 bits per heavy atom. The molecule has 1 aliphatic carbocycles. The number of hydrogen-bond acceptors (Lipinski definition) is 1. The standard InChI is InChI=1S/C56H36N2/c1-2-15-38(16-3-1)51-36-41(31-33-55(51)58-52-29-10-8-24-46(52)47-25-9-11-30-53(47)58)57(40-20-12-19-39(35-40)43-26-13-18-37-17-4-5-21-42(37)43)54-34-32-49-45-23-7-6-22-44(45)48-27-14-28-50(54)56(48)49/h1-36H. The van der Waals surface area contributed by atoms with E-state index in [4.69, 9.17) is 0 Å². The van der Waals surface area contributed by atoms with Gasteiger partial charge in [0.2, 0.25) is 0 Å². The molecule has 1 aliphatic rings. The van der Waals surface area contributed by atoms with Crippen LogP contribution in [0.2, 0.25) is 0 Å². The predicted octanol–water partition coefficient (Wildman–Crippen LogP) is 15.5. The largest absolute Gasteiger partial charge is 0.310 e. The number of anilines is 3. The predicted molar refractivity (Wildman–Crippen MR) is 246 cm³/mol. The van der Waals surface area contributed by atoms with E-state index < -0.39 is 0 Å². The van der Waals surface area contributed by atoms with Gasteiger partial charge in [-0.3, -0.25) is 0 Å². The summed E-state index contributed by atoms with van der Waals surface area (Å²) >= 11 is 0. The third-order valence-electron chi connectivity index (χ3n) is 12.1. The van der Waals surface area contributed by atoms with Crippen LogP contribution in [-0.4, -0.2) is 4.57 Å². The number of fused-ring (bicyclic) bond motifs is 7. The molecule has 10 aromatic carbocycles. The molecule has 0 aliphatic heterocycles. The molecule has 1 aromatic heterocycles. The fourth-order valence-corrected chi connectivity index (χ4v) is 9.59. The molecule has 0 unspecified atom stereocenters. The Hall–Kier alpha value is -7.68. The molecule has 58 heavy (non-hydrogen) atoms. The lowest BCUT2D eigenvalue weighted by atomic mass is 9.96. The van der Waals surface area contributed by atoms with E-state index in [1.165, 1.54) is 82.3 Å². The average Bonchev–Trinajstić information content (AvgIpc) is 3.81. The van der Waals surface area contributed by atoms with Crippen LogP contribution in [0.3, 0.4) is 0 Å². The quantitative estimate of drug-likeness (QED) is 0.165. The zero-order chi connectivity index (χ0) is 38.2. The van der Waals surface area contributed by atoms with Gasteiger partial charge in [-0.15, -0.1) is 0 Å². The summed E-state index contributed by atoms with van der Waals surface area (Å²) in [4.78, 5) is 2.47. The highest BCUT2D eigenvalue weighted by molar-refractivity contribution is 6.19. The average molecular weight is 737 g/mol. The smallest absolute Gasteiger partial charge is 0.0542 e. The summed E-state index contributed by atoms with van der Waals surface area (Å²) in [6.07, 6.45) is 0. The summed E-state index contributed by atoms with van der Waals surface area (Å²) in [5.41, 5.74) is 16.8. The van der Waals surface area contributed by atoms with Crippen LogP contribution in [0.15, 0.2) is 218 Å². The summed E-state index contributed by atoms with van der Waals surface area (Å²) in [6.45, 7) is 0. The highest BCUT2D eigenvalue weighted by Gasteiger charge is 2.26. The van der Waals surface area contributed by atoms with Crippen molar-refractivity contribution in [2.45, 2.75) is 0 Å². The van der Waals surface area contributed by atoms with Gasteiger partial charge < -0.3 is 9.47 Å². The zero-order valence-corrected chi connectivity index (χ0v) is 31.7. The van der Waals surface area contributed by atoms with Gasteiger partial charge in [-0.1, -0.05) is 170 Å². The molecule has 0 fully saturated rings. The van der Waals surface area contributed by atoms with Gasteiger partial charge in [0.15, 0.2) is 0 Å². The first-order chi connectivity index (χ1) is 28.8. The van der Waals surface area contributed by atoms with Crippen LogP contribution in [0.25, 0.3) is 93.5 Å². The van der Waals surface area contributed by atoms with Crippen molar-refractivity contribution < 1.29 is 0 Å². The van der Waals surface area contributed by atoms with Crippen molar-refractivity contribution in [1.29, 1.82) is 0 Å². The lowest BCUT2D eigenvalue weighted by Crippen LogP contribution is -2.11. The Labute approximate surface area is 337 Å². The van der Waals surface area contributed by atoms with Crippen molar-refractivity contribution in [1.82, 2.24) is 4.57 Å². The maximum atomic E-state index is 2.47. The zero-order valence-electron chi connectivity index (χ0n) is 31.7. The molecule has 0 bridgehead atoms. The van der Waals surface area contributed by atoms with E-state index in [-0.39, 0.29) is 0 Å². The highest BCUT2D eigenvalue weighted by atomic mass is 15.1. The van der Waals surface area contributed by atoms with Crippen molar-refractivity contribution in [2.75, 3.05) is 4.90 Å². The monoisotopic (exact) mass is 736 g/mol. The Morgan fingerprint density at radius 3 is 1.66 bits per heavy atom. The van der Waals surface area contributed by atoms with E-state index in [2.05, 4.69) is 228 Å². The maximum absolute atomic E-state index is 2.47. The SMILES string of the molecule is c1ccc(-c2cc(N(c3cccc(-c4cccc5ccccc45)c3)c3ccc4c5c(cccc35)-c3ccccc3-4)ccc2-n2c3ccccc3c3ccccc32)cc1. The van der Waals surface area contributed by atoms with E-state index >= 15 is 0 Å². The van der Waals surface area contributed by atoms with Gasteiger partial charge in [0.1, 0.15) is 0 Å². The lowest BCUT2D eigenvalue weighted by Gasteiger charge is -2.29. The van der Waals surface area contributed by atoms with E-state index in [1.54, 1.807) is 0 Å². The molecule has 0 N–H and O–H groups in total. The van der Waals surface area contributed by atoms with Crippen molar-refractivity contribution in [3.05, 3.63) is 218 Å². The second-order valence-corrected chi connectivity index (χ2v) is 15.3. The minimum atomic E-state index is 1.09. The van der Waals surface area contributed by atoms with Crippen molar-refractivity contribution in [3.63, 3.8) is 0 Å². The Morgan fingerprint density at radius 1 is 0.310 bits per heavy atom. The topological polar surface area (TPSA) is 8.17 Å². The Kier molecular flexibility index (Phi) is 7.26. The molecule has 0 amide bonds. The maximum Gasteiger partial charge on any atom is 0.0542 e. The van der Waals surface area contributed by atoms with Crippen molar-refractivity contribution in [3.8, 4) is 50.2 Å². The molecule has 0 atom stereocenters. The summed E-state index contributed by atoms with van der Waals surface area (Å²) in [7, 11) is 0. The molecule has 0 saturated carbocycles.